The van der Waals surface area contributed by atoms with Crippen LogP contribution in [0.4, 0.5) is 4.39 Å². The number of allylic oxidation sites excluding steroid dienone is 1. The fourth-order valence-corrected chi connectivity index (χ4v) is 4.81. The SMILES string of the molecule is CCOC(=O)C1=C2CC(C#N)CN2C(c2nccs2)=N[C@@H]1c1ccc(F)cc1Br. The molecule has 0 radical (unpaired) electrons. The minimum atomic E-state index is -0.688. The summed E-state index contributed by atoms with van der Waals surface area (Å²) in [5.74, 6) is -0.524. The van der Waals surface area contributed by atoms with Crippen molar-refractivity contribution in [2.45, 2.75) is 19.4 Å². The number of hydrogen-bond donors (Lipinski definition) is 0. The maximum atomic E-state index is 13.7. The molecule has 1 aromatic carbocycles. The summed E-state index contributed by atoms with van der Waals surface area (Å²) in [6.07, 6.45) is 2.11. The van der Waals surface area contributed by atoms with E-state index in [1.54, 1.807) is 19.2 Å². The highest BCUT2D eigenvalue weighted by atomic mass is 79.9. The lowest BCUT2D eigenvalue weighted by Crippen LogP contribution is -2.35. The highest BCUT2D eigenvalue weighted by Gasteiger charge is 2.42. The van der Waals surface area contributed by atoms with Crippen molar-refractivity contribution < 1.29 is 13.9 Å². The largest absolute Gasteiger partial charge is 0.463 e. The zero-order chi connectivity index (χ0) is 20.5. The van der Waals surface area contributed by atoms with Crippen LogP contribution >= 0.6 is 27.3 Å². The van der Waals surface area contributed by atoms with Crippen molar-refractivity contribution >= 4 is 39.1 Å². The molecule has 6 nitrogen and oxygen atoms in total. The van der Waals surface area contributed by atoms with E-state index in [0.717, 1.165) is 5.70 Å². The number of thiazole rings is 1. The summed E-state index contributed by atoms with van der Waals surface area (Å²) in [6.45, 7) is 2.39. The third-order valence-electron chi connectivity index (χ3n) is 4.82. The van der Waals surface area contributed by atoms with Crippen LogP contribution in [-0.2, 0) is 9.53 Å². The number of ether oxygens (including phenoxy) is 1. The molecular formula is C20H16BrFN4O2S. The summed E-state index contributed by atoms with van der Waals surface area (Å²) in [5, 5.41) is 12.0. The second kappa shape index (κ2) is 8.05. The first kappa shape index (κ1) is 19.7. The lowest BCUT2D eigenvalue weighted by molar-refractivity contribution is -0.139. The Balaban J connectivity index is 1.92. The molecule has 0 N–H and O–H groups in total. The average molecular weight is 475 g/mol. The maximum absolute atomic E-state index is 13.7. The Bertz CT molecular complexity index is 1060. The van der Waals surface area contributed by atoms with E-state index in [-0.39, 0.29) is 12.5 Å². The van der Waals surface area contributed by atoms with Crippen molar-refractivity contribution in [1.82, 2.24) is 9.88 Å². The smallest absolute Gasteiger partial charge is 0.338 e. The van der Waals surface area contributed by atoms with Crippen molar-refractivity contribution in [3.63, 3.8) is 0 Å². The predicted octanol–water partition coefficient (Wildman–Crippen LogP) is 4.21. The zero-order valence-electron chi connectivity index (χ0n) is 15.4. The second-order valence-corrected chi connectivity index (χ2v) is 8.33. The van der Waals surface area contributed by atoms with Crippen LogP contribution in [0.1, 0.15) is 30.0 Å². The van der Waals surface area contributed by atoms with Crippen LogP contribution in [0.25, 0.3) is 0 Å². The number of nitrogens with zero attached hydrogens (tertiary/aromatic N) is 4. The van der Waals surface area contributed by atoms with Gasteiger partial charge < -0.3 is 9.64 Å². The number of hydrogen-bond acceptors (Lipinski definition) is 7. The predicted molar refractivity (Wildman–Crippen MR) is 110 cm³/mol. The molecule has 0 amide bonds. The van der Waals surface area contributed by atoms with Gasteiger partial charge in [-0.2, -0.15) is 5.26 Å². The van der Waals surface area contributed by atoms with Crippen molar-refractivity contribution in [1.29, 1.82) is 5.26 Å². The van der Waals surface area contributed by atoms with Crippen LogP contribution in [0, 0.1) is 23.1 Å². The van der Waals surface area contributed by atoms with Gasteiger partial charge in [0.15, 0.2) is 10.8 Å². The average Bonchev–Trinajstić information content (AvgIpc) is 3.37. The Labute approximate surface area is 179 Å². The molecule has 2 atom stereocenters. The number of aromatic nitrogens is 1. The number of halogens is 2. The number of esters is 1. The van der Waals surface area contributed by atoms with E-state index in [0.29, 0.717) is 39.4 Å². The number of fused-ring (bicyclic) bond motifs is 1. The molecule has 148 valence electrons. The molecule has 2 aliphatic heterocycles. The number of amidine groups is 1. The highest BCUT2D eigenvalue weighted by Crippen LogP contribution is 2.43. The monoisotopic (exact) mass is 474 g/mol. The van der Waals surface area contributed by atoms with Crippen LogP contribution in [0.2, 0.25) is 0 Å². The van der Waals surface area contributed by atoms with Gasteiger partial charge in [-0.3, -0.25) is 4.99 Å². The summed E-state index contributed by atoms with van der Waals surface area (Å²) in [4.78, 5) is 24.1. The molecule has 1 saturated heterocycles. The number of aliphatic imine (C=N–C) groups is 1. The van der Waals surface area contributed by atoms with Gasteiger partial charge in [-0.05, 0) is 24.6 Å². The molecule has 4 rings (SSSR count). The van der Waals surface area contributed by atoms with Gasteiger partial charge in [0.1, 0.15) is 11.9 Å². The first-order valence-corrected chi connectivity index (χ1v) is 10.7. The quantitative estimate of drug-likeness (QED) is 0.620. The lowest BCUT2D eigenvalue weighted by Gasteiger charge is -2.31. The standard InChI is InChI=1S/C20H16BrFN4O2S/c1-2-28-20(27)16-15-7-11(9-23)10-26(15)18(19-24-5-6-29-19)25-17(16)13-4-3-12(22)8-14(13)21/h3-6,8,11,17H,2,7,10H2,1H3/t11?,17-/m1/s1. The summed E-state index contributed by atoms with van der Waals surface area (Å²) in [5.41, 5.74) is 1.75. The van der Waals surface area contributed by atoms with Gasteiger partial charge in [0.05, 0.1) is 24.2 Å². The number of benzene rings is 1. The minimum Gasteiger partial charge on any atom is -0.463 e. The van der Waals surface area contributed by atoms with Gasteiger partial charge in [-0.25, -0.2) is 14.2 Å². The Morgan fingerprint density at radius 2 is 2.34 bits per heavy atom. The molecule has 2 aliphatic rings. The number of carbonyl (C=O) groups is 1. The Morgan fingerprint density at radius 1 is 1.52 bits per heavy atom. The maximum Gasteiger partial charge on any atom is 0.338 e. The third-order valence-corrected chi connectivity index (χ3v) is 6.27. The molecule has 0 spiro atoms. The summed E-state index contributed by atoms with van der Waals surface area (Å²) >= 11 is 4.84. The summed E-state index contributed by atoms with van der Waals surface area (Å²) < 4.78 is 19.5. The van der Waals surface area contributed by atoms with Gasteiger partial charge in [-0.15, -0.1) is 11.3 Å². The number of nitriles is 1. The molecule has 29 heavy (non-hydrogen) atoms. The van der Waals surface area contributed by atoms with Gasteiger partial charge in [0.2, 0.25) is 0 Å². The molecule has 0 bridgehead atoms. The van der Waals surface area contributed by atoms with Crippen LogP contribution in [0.5, 0.6) is 0 Å². The Morgan fingerprint density at radius 3 is 3.00 bits per heavy atom. The molecule has 0 saturated carbocycles. The van der Waals surface area contributed by atoms with Crippen molar-refractivity contribution in [3.8, 4) is 6.07 Å². The fraction of sp³-hybridized carbons (Fsp3) is 0.300. The minimum absolute atomic E-state index is 0.220. The first-order valence-electron chi connectivity index (χ1n) is 9.03. The van der Waals surface area contributed by atoms with E-state index in [1.807, 2.05) is 10.3 Å². The van der Waals surface area contributed by atoms with Crippen LogP contribution in [0.3, 0.4) is 0 Å². The molecule has 1 fully saturated rings. The zero-order valence-corrected chi connectivity index (χ0v) is 17.8. The Kier molecular flexibility index (Phi) is 5.48. The second-order valence-electron chi connectivity index (χ2n) is 6.58. The van der Waals surface area contributed by atoms with Crippen molar-refractivity contribution in [3.05, 3.63) is 61.9 Å². The van der Waals surface area contributed by atoms with Gasteiger partial charge in [-0.1, -0.05) is 22.0 Å². The number of carbonyl (C=O) groups excluding carboxylic acids is 1. The van der Waals surface area contributed by atoms with E-state index in [4.69, 9.17) is 9.73 Å². The van der Waals surface area contributed by atoms with Crippen molar-refractivity contribution in [2.75, 3.05) is 13.2 Å². The van der Waals surface area contributed by atoms with Gasteiger partial charge in [0, 0.05) is 34.7 Å². The molecule has 0 aliphatic carbocycles. The summed E-state index contributed by atoms with van der Waals surface area (Å²) in [7, 11) is 0. The third kappa shape index (κ3) is 3.58. The molecule has 1 unspecified atom stereocenters. The van der Waals surface area contributed by atoms with Crippen LogP contribution in [0.15, 0.2) is 50.5 Å². The van der Waals surface area contributed by atoms with Gasteiger partial charge >= 0.3 is 5.97 Å². The van der Waals surface area contributed by atoms with Crippen molar-refractivity contribution in [2.24, 2.45) is 10.9 Å². The van der Waals surface area contributed by atoms with E-state index in [9.17, 15) is 14.4 Å². The number of rotatable bonds is 4. The van der Waals surface area contributed by atoms with Crippen LogP contribution < -0.4 is 0 Å². The normalized spacial score (nSPS) is 20.9. The first-order chi connectivity index (χ1) is 14.0. The Hall–Kier alpha value is -2.57. The van der Waals surface area contributed by atoms with Gasteiger partial charge in [0.25, 0.3) is 0 Å². The molecular weight excluding hydrogens is 459 g/mol. The van der Waals surface area contributed by atoms with E-state index >= 15 is 0 Å². The van der Waals surface area contributed by atoms with E-state index < -0.39 is 17.8 Å². The van der Waals surface area contributed by atoms with E-state index in [1.165, 1.54) is 23.5 Å². The molecule has 2 aromatic rings. The lowest BCUT2D eigenvalue weighted by atomic mass is 9.94. The van der Waals surface area contributed by atoms with Crippen LogP contribution in [-0.4, -0.2) is 34.8 Å². The topological polar surface area (TPSA) is 78.6 Å². The molecule has 1 aromatic heterocycles. The fourth-order valence-electron chi connectivity index (χ4n) is 3.60. The highest BCUT2D eigenvalue weighted by molar-refractivity contribution is 9.10. The molecule has 3 heterocycles. The molecule has 9 heteroatoms. The van der Waals surface area contributed by atoms with E-state index in [2.05, 4.69) is 27.0 Å². The summed E-state index contributed by atoms with van der Waals surface area (Å²) in [6, 6.07) is 5.90.